The molecule has 1 aromatic carbocycles. The van der Waals surface area contributed by atoms with Crippen molar-refractivity contribution in [2.24, 2.45) is 0 Å². The van der Waals surface area contributed by atoms with E-state index < -0.39 is 29.4 Å². The zero-order valence-electron chi connectivity index (χ0n) is 13.0. The quantitative estimate of drug-likeness (QED) is 0.724. The molecule has 2 heterocycles. The molecule has 1 atom stereocenters. The van der Waals surface area contributed by atoms with Gasteiger partial charge in [0.2, 0.25) is 0 Å². The van der Waals surface area contributed by atoms with E-state index in [0.29, 0.717) is 21.3 Å². The van der Waals surface area contributed by atoms with Crippen LogP contribution in [0.15, 0.2) is 35.1 Å². The molecule has 3 rings (SSSR count). The topological polar surface area (TPSA) is 76.9 Å². The van der Waals surface area contributed by atoms with Crippen LogP contribution >= 0.6 is 22.9 Å². The van der Waals surface area contributed by atoms with Gasteiger partial charge >= 0.3 is 6.18 Å². The highest BCUT2D eigenvalue weighted by Crippen LogP contribution is 2.29. The number of alkyl halides is 3. The molecule has 1 amide bonds. The molecule has 0 radical (unpaired) electrons. The smallest absolute Gasteiger partial charge is 0.300 e. The van der Waals surface area contributed by atoms with E-state index in [1.807, 2.05) is 0 Å². The number of fused-ring (bicyclic) bond motifs is 1. The van der Waals surface area contributed by atoms with Crippen LogP contribution in [0.2, 0.25) is 5.02 Å². The number of anilines is 1. The highest BCUT2D eigenvalue weighted by atomic mass is 35.5. The predicted octanol–water partition coefficient (Wildman–Crippen LogP) is 3.72. The summed E-state index contributed by atoms with van der Waals surface area (Å²) in [6, 6.07) is 5.02. The van der Waals surface area contributed by atoms with Gasteiger partial charge in [0.15, 0.2) is 10.8 Å². The maximum absolute atomic E-state index is 12.8. The van der Waals surface area contributed by atoms with E-state index in [9.17, 15) is 22.8 Å². The number of nitrogens with one attached hydrogen (secondary N) is 1. The fraction of sp³-hybridized carbons (Fsp3) is 0.200. The SMILES string of the molecule is CC(C(=O)Nc1nc2ccc(Cl)cc2s1)n1nc(C(F)(F)F)ccc1=O. The molecule has 6 nitrogen and oxygen atoms in total. The van der Waals surface area contributed by atoms with Crippen LogP contribution in [0.25, 0.3) is 10.2 Å². The zero-order chi connectivity index (χ0) is 19.1. The van der Waals surface area contributed by atoms with E-state index in [1.165, 1.54) is 6.92 Å². The van der Waals surface area contributed by atoms with Gasteiger partial charge in [0.1, 0.15) is 6.04 Å². The highest BCUT2D eigenvalue weighted by molar-refractivity contribution is 7.22. The number of benzene rings is 1. The molecule has 0 bridgehead atoms. The van der Waals surface area contributed by atoms with Crippen LogP contribution in [0, 0.1) is 0 Å². The molecule has 26 heavy (non-hydrogen) atoms. The van der Waals surface area contributed by atoms with Crippen LogP contribution in [0.3, 0.4) is 0 Å². The molecular formula is C15H10ClF3N4O2S. The Morgan fingerprint density at radius 1 is 1.31 bits per heavy atom. The average molecular weight is 403 g/mol. The standard InChI is InChI=1S/C15H10ClF3N4O2S/c1-7(23-12(24)5-4-11(22-23)15(17,18)19)13(25)21-14-20-9-3-2-8(16)6-10(9)26-14/h2-7H,1H3,(H,20,21,25). The van der Waals surface area contributed by atoms with Crippen LogP contribution < -0.4 is 10.9 Å². The largest absolute Gasteiger partial charge is 0.435 e. The number of amides is 1. The summed E-state index contributed by atoms with van der Waals surface area (Å²) in [6.45, 7) is 1.27. The van der Waals surface area contributed by atoms with Gasteiger partial charge in [0.25, 0.3) is 11.5 Å². The Morgan fingerprint density at radius 3 is 2.73 bits per heavy atom. The monoisotopic (exact) mass is 402 g/mol. The van der Waals surface area contributed by atoms with Crippen molar-refractivity contribution < 1.29 is 18.0 Å². The fourth-order valence-corrected chi connectivity index (χ4v) is 3.27. The molecule has 3 aromatic rings. The van der Waals surface area contributed by atoms with Gasteiger partial charge in [0, 0.05) is 11.1 Å². The van der Waals surface area contributed by atoms with Crippen molar-refractivity contribution in [3.05, 3.63) is 51.4 Å². The number of aromatic nitrogens is 3. The van der Waals surface area contributed by atoms with Gasteiger partial charge in [-0.3, -0.25) is 9.59 Å². The van der Waals surface area contributed by atoms with Crippen LogP contribution in [-0.4, -0.2) is 20.7 Å². The summed E-state index contributed by atoms with van der Waals surface area (Å²) in [4.78, 5) is 28.3. The van der Waals surface area contributed by atoms with E-state index >= 15 is 0 Å². The summed E-state index contributed by atoms with van der Waals surface area (Å²) >= 11 is 7.04. The van der Waals surface area contributed by atoms with Crippen molar-refractivity contribution in [2.75, 3.05) is 5.32 Å². The molecule has 0 spiro atoms. The number of carbonyl (C=O) groups excluding carboxylic acids is 1. The van der Waals surface area contributed by atoms with Gasteiger partial charge in [0.05, 0.1) is 10.2 Å². The third kappa shape index (κ3) is 3.70. The predicted molar refractivity (Wildman–Crippen MR) is 91.5 cm³/mol. The van der Waals surface area contributed by atoms with Crippen molar-refractivity contribution in [1.82, 2.24) is 14.8 Å². The molecular weight excluding hydrogens is 393 g/mol. The second kappa shape index (κ2) is 6.69. The minimum absolute atomic E-state index is 0.235. The summed E-state index contributed by atoms with van der Waals surface area (Å²) in [5.74, 6) is -0.718. The van der Waals surface area contributed by atoms with Gasteiger partial charge < -0.3 is 5.32 Å². The normalized spacial score (nSPS) is 13.0. The Bertz CT molecular complexity index is 1050. The van der Waals surface area contributed by atoms with Gasteiger partial charge in [-0.15, -0.1) is 0 Å². The first-order valence-corrected chi connectivity index (χ1v) is 8.38. The molecule has 1 N–H and O–H groups in total. The molecule has 0 saturated heterocycles. The summed E-state index contributed by atoms with van der Waals surface area (Å²) in [5, 5.41) is 6.47. The van der Waals surface area contributed by atoms with E-state index in [0.717, 1.165) is 22.1 Å². The lowest BCUT2D eigenvalue weighted by atomic mass is 10.3. The third-order valence-electron chi connectivity index (χ3n) is 3.44. The molecule has 1 unspecified atom stereocenters. The number of rotatable bonds is 3. The lowest BCUT2D eigenvalue weighted by Crippen LogP contribution is -2.34. The fourth-order valence-electron chi connectivity index (χ4n) is 2.13. The molecule has 0 saturated carbocycles. The van der Waals surface area contributed by atoms with Crippen LogP contribution in [0.4, 0.5) is 18.3 Å². The minimum atomic E-state index is -4.72. The van der Waals surface area contributed by atoms with Crippen molar-refractivity contribution >= 4 is 44.2 Å². The van der Waals surface area contributed by atoms with Gasteiger partial charge in [-0.1, -0.05) is 22.9 Å². The molecule has 0 aliphatic heterocycles. The lowest BCUT2D eigenvalue weighted by molar-refractivity contribution is -0.142. The molecule has 136 valence electrons. The number of carbonyl (C=O) groups is 1. The third-order valence-corrected chi connectivity index (χ3v) is 4.61. The van der Waals surface area contributed by atoms with Gasteiger partial charge in [-0.25, -0.2) is 9.67 Å². The maximum atomic E-state index is 12.8. The second-order valence-electron chi connectivity index (χ2n) is 5.30. The first kappa shape index (κ1) is 18.3. The van der Waals surface area contributed by atoms with Crippen molar-refractivity contribution in [3.8, 4) is 0 Å². The first-order valence-electron chi connectivity index (χ1n) is 7.19. The summed E-state index contributed by atoms with van der Waals surface area (Å²) in [7, 11) is 0. The molecule has 0 aliphatic carbocycles. The van der Waals surface area contributed by atoms with E-state index in [-0.39, 0.29) is 5.13 Å². The Hall–Kier alpha value is -2.46. The van der Waals surface area contributed by atoms with Gasteiger partial charge in [-0.05, 0) is 31.2 Å². The summed E-state index contributed by atoms with van der Waals surface area (Å²) in [5.41, 5.74) is -1.47. The highest BCUT2D eigenvalue weighted by Gasteiger charge is 2.34. The van der Waals surface area contributed by atoms with Crippen molar-refractivity contribution in [1.29, 1.82) is 0 Å². The molecule has 11 heteroatoms. The zero-order valence-corrected chi connectivity index (χ0v) is 14.6. The van der Waals surface area contributed by atoms with Crippen LogP contribution in [0.5, 0.6) is 0 Å². The van der Waals surface area contributed by atoms with Crippen molar-refractivity contribution in [2.45, 2.75) is 19.1 Å². The second-order valence-corrected chi connectivity index (χ2v) is 6.76. The number of thiazole rings is 1. The Morgan fingerprint density at radius 2 is 2.04 bits per heavy atom. The molecule has 0 aliphatic rings. The summed E-state index contributed by atoms with van der Waals surface area (Å²) in [6.07, 6.45) is -4.72. The maximum Gasteiger partial charge on any atom is 0.435 e. The average Bonchev–Trinajstić information content (AvgIpc) is 2.94. The van der Waals surface area contributed by atoms with E-state index in [2.05, 4.69) is 15.4 Å². The number of nitrogens with zero attached hydrogens (tertiary/aromatic N) is 3. The van der Waals surface area contributed by atoms with Crippen LogP contribution in [-0.2, 0) is 11.0 Å². The minimum Gasteiger partial charge on any atom is -0.300 e. The van der Waals surface area contributed by atoms with Gasteiger partial charge in [-0.2, -0.15) is 18.3 Å². The Labute approximate surface area is 153 Å². The Balaban J connectivity index is 1.86. The molecule has 2 aromatic heterocycles. The van der Waals surface area contributed by atoms with Crippen LogP contribution in [0.1, 0.15) is 18.7 Å². The van der Waals surface area contributed by atoms with E-state index in [1.54, 1.807) is 18.2 Å². The molecule has 0 fully saturated rings. The number of hydrogen-bond donors (Lipinski definition) is 1. The lowest BCUT2D eigenvalue weighted by Gasteiger charge is -2.14. The number of halogens is 4. The number of hydrogen-bond acceptors (Lipinski definition) is 5. The van der Waals surface area contributed by atoms with E-state index in [4.69, 9.17) is 11.6 Å². The first-order chi connectivity index (χ1) is 12.1. The van der Waals surface area contributed by atoms with Crippen molar-refractivity contribution in [3.63, 3.8) is 0 Å². The Kier molecular flexibility index (Phi) is 4.72. The summed E-state index contributed by atoms with van der Waals surface area (Å²) < 4.78 is 39.5.